The van der Waals surface area contributed by atoms with Crippen molar-refractivity contribution in [1.82, 2.24) is 9.97 Å². The number of imidazole rings is 1. The first kappa shape index (κ1) is 13.0. The van der Waals surface area contributed by atoms with Gasteiger partial charge in [0.05, 0.1) is 5.92 Å². The van der Waals surface area contributed by atoms with Crippen molar-refractivity contribution < 1.29 is 9.47 Å². The van der Waals surface area contributed by atoms with Crippen LogP contribution in [0.25, 0.3) is 0 Å². The van der Waals surface area contributed by atoms with Gasteiger partial charge in [0.2, 0.25) is 0 Å². The second-order valence-electron chi connectivity index (χ2n) is 4.82. The van der Waals surface area contributed by atoms with Gasteiger partial charge >= 0.3 is 0 Å². The van der Waals surface area contributed by atoms with E-state index in [9.17, 15) is 0 Å². The Morgan fingerprint density at radius 2 is 2.20 bits per heavy atom. The van der Waals surface area contributed by atoms with Crippen molar-refractivity contribution in [2.24, 2.45) is 0 Å². The summed E-state index contributed by atoms with van der Waals surface area (Å²) in [6.45, 7) is 2.03. The maximum absolute atomic E-state index is 5.71. The predicted octanol–water partition coefficient (Wildman–Crippen LogP) is 4.18. The number of H-pyrrole nitrogens is 2. The van der Waals surface area contributed by atoms with Crippen molar-refractivity contribution in [3.05, 3.63) is 64.5 Å². The molecule has 4 nitrogen and oxygen atoms in total. The zero-order valence-electron chi connectivity index (χ0n) is 11.2. The molecule has 1 aliphatic heterocycles. The summed E-state index contributed by atoms with van der Waals surface area (Å²) in [7, 11) is 0. The van der Waals surface area contributed by atoms with Gasteiger partial charge < -0.3 is 19.4 Å². The molecule has 0 fully saturated rings. The molecule has 1 unspecified atom stereocenters. The molecule has 5 heteroatoms. The molecule has 0 saturated carbocycles. The van der Waals surface area contributed by atoms with Crippen LogP contribution in [-0.4, -0.2) is 9.97 Å². The lowest BCUT2D eigenvalue weighted by atomic mass is 10.0. The zero-order chi connectivity index (χ0) is 13.9. The summed E-state index contributed by atoms with van der Waals surface area (Å²) >= 11 is 5.03. The van der Waals surface area contributed by atoms with Crippen molar-refractivity contribution in [3.63, 3.8) is 0 Å². The number of ether oxygens (including phenoxy) is 2. The summed E-state index contributed by atoms with van der Waals surface area (Å²) in [5.41, 5.74) is 2.14. The molecule has 1 aliphatic carbocycles. The molecule has 0 amide bonds. The van der Waals surface area contributed by atoms with Gasteiger partial charge in [-0.3, -0.25) is 0 Å². The summed E-state index contributed by atoms with van der Waals surface area (Å²) in [6.07, 6.45) is 13.5. The van der Waals surface area contributed by atoms with Crippen molar-refractivity contribution in [2.45, 2.75) is 25.7 Å². The van der Waals surface area contributed by atoms with E-state index >= 15 is 0 Å². The molecule has 1 aromatic rings. The van der Waals surface area contributed by atoms with Crippen molar-refractivity contribution >= 4 is 12.2 Å². The molecule has 0 spiro atoms. The normalized spacial score (nSPS) is 19.4. The molecular weight excluding hydrogens is 272 g/mol. The highest BCUT2D eigenvalue weighted by Crippen LogP contribution is 2.30. The van der Waals surface area contributed by atoms with Crippen LogP contribution in [0.1, 0.15) is 31.4 Å². The third-order valence-corrected chi connectivity index (χ3v) is 3.66. The SMILES string of the molecule is CC(C1=COC(C2=CC=CCC2)=CO1)c1c[nH]c(=S)[nH]1. The lowest BCUT2D eigenvalue weighted by Gasteiger charge is -2.20. The van der Waals surface area contributed by atoms with Crippen molar-refractivity contribution in [1.29, 1.82) is 0 Å². The lowest BCUT2D eigenvalue weighted by Crippen LogP contribution is -2.07. The summed E-state index contributed by atoms with van der Waals surface area (Å²) < 4.78 is 12.0. The van der Waals surface area contributed by atoms with E-state index in [1.807, 2.05) is 19.2 Å². The first-order valence-electron chi connectivity index (χ1n) is 6.61. The highest BCUT2D eigenvalue weighted by atomic mass is 32.1. The third-order valence-electron chi connectivity index (χ3n) is 3.44. The van der Waals surface area contributed by atoms with Crippen LogP contribution in [0.2, 0.25) is 0 Å². The number of hydrogen-bond donors (Lipinski definition) is 2. The zero-order valence-corrected chi connectivity index (χ0v) is 12.0. The second kappa shape index (κ2) is 5.54. The Balaban J connectivity index is 1.71. The quantitative estimate of drug-likeness (QED) is 0.820. The number of aromatic amines is 2. The highest BCUT2D eigenvalue weighted by Gasteiger charge is 2.19. The molecule has 104 valence electrons. The molecule has 2 N–H and O–H groups in total. The Kier molecular flexibility index (Phi) is 3.60. The second-order valence-corrected chi connectivity index (χ2v) is 5.22. The Morgan fingerprint density at radius 3 is 2.80 bits per heavy atom. The molecule has 1 atom stereocenters. The topological polar surface area (TPSA) is 50.0 Å². The average Bonchev–Trinajstić information content (AvgIpc) is 2.94. The molecule has 0 radical (unpaired) electrons. The first-order valence-corrected chi connectivity index (χ1v) is 7.02. The third kappa shape index (κ3) is 2.63. The van der Waals surface area contributed by atoms with Gasteiger partial charge in [-0.15, -0.1) is 0 Å². The Hall–Kier alpha value is -2.01. The smallest absolute Gasteiger partial charge is 0.174 e. The Morgan fingerprint density at radius 1 is 1.30 bits per heavy atom. The molecule has 2 aliphatic rings. The standard InChI is InChI=1S/C15H16N2O2S/c1-10(12-7-16-15(20)17-12)13-8-19-14(9-18-13)11-5-3-2-4-6-11/h2-3,5,7-10H,4,6H2,1H3,(H2,16,17,20). The van der Waals surface area contributed by atoms with Crippen LogP contribution in [-0.2, 0) is 9.47 Å². The van der Waals surface area contributed by atoms with Gasteiger partial charge in [0, 0.05) is 11.9 Å². The fourth-order valence-electron chi connectivity index (χ4n) is 2.20. The minimum absolute atomic E-state index is 0.0565. The molecule has 20 heavy (non-hydrogen) atoms. The Labute approximate surface area is 122 Å². The van der Waals surface area contributed by atoms with Gasteiger partial charge in [-0.2, -0.15) is 0 Å². The average molecular weight is 288 g/mol. The fraction of sp³-hybridized carbons (Fsp3) is 0.267. The molecule has 0 saturated heterocycles. The van der Waals surface area contributed by atoms with E-state index in [0.29, 0.717) is 4.77 Å². The highest BCUT2D eigenvalue weighted by molar-refractivity contribution is 7.71. The summed E-state index contributed by atoms with van der Waals surface area (Å²) in [5.74, 6) is 1.60. The van der Waals surface area contributed by atoms with Gasteiger partial charge in [0.25, 0.3) is 0 Å². The first-order chi connectivity index (χ1) is 9.74. The summed E-state index contributed by atoms with van der Waals surface area (Å²) in [5, 5.41) is 0. The molecule has 0 aromatic carbocycles. The largest absolute Gasteiger partial charge is 0.462 e. The maximum Gasteiger partial charge on any atom is 0.174 e. The van der Waals surface area contributed by atoms with Crippen LogP contribution >= 0.6 is 12.2 Å². The molecule has 3 rings (SSSR count). The van der Waals surface area contributed by atoms with Gasteiger partial charge in [-0.25, -0.2) is 0 Å². The van der Waals surface area contributed by atoms with Crippen LogP contribution in [0.5, 0.6) is 0 Å². The molecule has 2 heterocycles. The van der Waals surface area contributed by atoms with Gasteiger partial charge in [0.1, 0.15) is 18.3 Å². The number of allylic oxidation sites excluding steroid dienone is 5. The molecule has 1 aromatic heterocycles. The number of nitrogens with one attached hydrogen (secondary N) is 2. The number of rotatable bonds is 3. The van der Waals surface area contributed by atoms with E-state index in [2.05, 4.69) is 22.1 Å². The van der Waals surface area contributed by atoms with E-state index in [4.69, 9.17) is 21.7 Å². The summed E-state index contributed by atoms with van der Waals surface area (Å²) in [6, 6.07) is 0. The fourth-order valence-corrected chi connectivity index (χ4v) is 2.37. The van der Waals surface area contributed by atoms with Gasteiger partial charge in [0.15, 0.2) is 10.5 Å². The van der Waals surface area contributed by atoms with Crippen molar-refractivity contribution in [3.8, 4) is 0 Å². The van der Waals surface area contributed by atoms with Crippen molar-refractivity contribution in [2.75, 3.05) is 0 Å². The monoisotopic (exact) mass is 288 g/mol. The van der Waals surface area contributed by atoms with Crippen LogP contribution in [0.3, 0.4) is 0 Å². The predicted molar refractivity (Wildman–Crippen MR) is 79.2 cm³/mol. The number of hydrogen-bond acceptors (Lipinski definition) is 3. The van der Waals surface area contributed by atoms with Crippen LogP contribution < -0.4 is 0 Å². The van der Waals surface area contributed by atoms with Crippen LogP contribution in [0, 0.1) is 4.77 Å². The van der Waals surface area contributed by atoms with Crippen LogP contribution in [0.4, 0.5) is 0 Å². The minimum Gasteiger partial charge on any atom is -0.462 e. The van der Waals surface area contributed by atoms with Gasteiger partial charge in [-0.1, -0.05) is 18.2 Å². The van der Waals surface area contributed by atoms with E-state index in [0.717, 1.165) is 35.6 Å². The maximum atomic E-state index is 5.71. The number of aromatic nitrogens is 2. The Bertz CT molecular complexity index is 676. The van der Waals surface area contributed by atoms with Crippen LogP contribution in [0.15, 0.2) is 54.0 Å². The summed E-state index contributed by atoms with van der Waals surface area (Å²) in [4.78, 5) is 6.04. The molecular formula is C15H16N2O2S. The molecule has 0 bridgehead atoms. The van der Waals surface area contributed by atoms with E-state index < -0.39 is 0 Å². The van der Waals surface area contributed by atoms with E-state index in [-0.39, 0.29) is 5.92 Å². The minimum atomic E-state index is 0.0565. The van der Waals surface area contributed by atoms with Gasteiger partial charge in [-0.05, 0) is 37.6 Å². The lowest BCUT2D eigenvalue weighted by molar-refractivity contribution is 0.218. The van der Waals surface area contributed by atoms with E-state index in [1.165, 1.54) is 0 Å². The van der Waals surface area contributed by atoms with E-state index in [1.54, 1.807) is 12.5 Å².